The molecule has 1 heterocycles. The van der Waals surface area contributed by atoms with E-state index in [0.29, 0.717) is 30.0 Å². The molecule has 0 bridgehead atoms. The first-order chi connectivity index (χ1) is 13.9. The molecule has 0 radical (unpaired) electrons. The molecule has 1 aliphatic rings. The number of amides is 1. The third kappa shape index (κ3) is 4.92. The number of carbonyl (C=O) groups is 1. The summed E-state index contributed by atoms with van der Waals surface area (Å²) >= 11 is 0. The first-order valence-corrected chi connectivity index (χ1v) is 10.4. The van der Waals surface area contributed by atoms with E-state index in [1.807, 2.05) is 6.07 Å². The third-order valence-corrected chi connectivity index (χ3v) is 6.40. The largest absolute Gasteiger partial charge is 0.495 e. The number of hydrogen-bond acceptors (Lipinski definition) is 6. The molecule has 2 aromatic rings. The van der Waals surface area contributed by atoms with Gasteiger partial charge in [0, 0.05) is 18.8 Å². The third-order valence-electron chi connectivity index (χ3n) is 4.48. The van der Waals surface area contributed by atoms with Crippen LogP contribution in [0.2, 0.25) is 0 Å². The second kappa shape index (κ2) is 9.05. The Kier molecular flexibility index (Phi) is 6.49. The molecule has 29 heavy (non-hydrogen) atoms. The highest BCUT2D eigenvalue weighted by Crippen LogP contribution is 2.28. The van der Waals surface area contributed by atoms with Gasteiger partial charge in [0.15, 0.2) is 0 Å². The number of nitrogens with one attached hydrogen (secondary N) is 1. The summed E-state index contributed by atoms with van der Waals surface area (Å²) in [5.41, 5.74) is 1.60. The minimum Gasteiger partial charge on any atom is -0.495 e. The number of anilines is 1. The van der Waals surface area contributed by atoms with Crippen molar-refractivity contribution in [3.8, 4) is 11.8 Å². The van der Waals surface area contributed by atoms with Crippen LogP contribution < -0.4 is 10.1 Å². The van der Waals surface area contributed by atoms with Crippen molar-refractivity contribution in [1.29, 1.82) is 5.26 Å². The second-order valence-corrected chi connectivity index (χ2v) is 8.32. The van der Waals surface area contributed by atoms with Gasteiger partial charge < -0.3 is 14.8 Å². The normalized spacial score (nSPS) is 14.8. The standard InChI is InChI=1S/C20H21N3O5S/c1-27-18-7-4-16(12-19(18)29(25,26)23-8-10-28-11-9-23)13-20(24)22-17-5-2-15(14-21)3-6-17/h2-7,12H,8-11,13H2,1H3,(H,22,24). The lowest BCUT2D eigenvalue weighted by Crippen LogP contribution is -2.40. The van der Waals surface area contributed by atoms with Crippen LogP contribution in [-0.2, 0) is 26.0 Å². The van der Waals surface area contributed by atoms with Crippen molar-refractivity contribution in [3.05, 3.63) is 53.6 Å². The number of nitriles is 1. The lowest BCUT2D eigenvalue weighted by Gasteiger charge is -2.26. The van der Waals surface area contributed by atoms with E-state index >= 15 is 0 Å². The SMILES string of the molecule is COc1ccc(CC(=O)Nc2ccc(C#N)cc2)cc1S(=O)(=O)N1CCOCC1. The van der Waals surface area contributed by atoms with E-state index in [-0.39, 0.29) is 36.1 Å². The molecule has 9 heteroatoms. The quantitative estimate of drug-likeness (QED) is 0.770. The zero-order valence-corrected chi connectivity index (χ0v) is 16.7. The molecule has 0 spiro atoms. The molecule has 0 aliphatic carbocycles. The molecule has 8 nitrogen and oxygen atoms in total. The van der Waals surface area contributed by atoms with E-state index in [4.69, 9.17) is 14.7 Å². The fraction of sp³-hybridized carbons (Fsp3) is 0.300. The minimum absolute atomic E-state index is 0.00434. The lowest BCUT2D eigenvalue weighted by molar-refractivity contribution is -0.115. The van der Waals surface area contributed by atoms with Crippen LogP contribution in [0.15, 0.2) is 47.4 Å². The predicted octanol–water partition coefficient (Wildman–Crippen LogP) is 1.77. The number of benzene rings is 2. The molecule has 1 N–H and O–H groups in total. The molecule has 2 aromatic carbocycles. The maximum atomic E-state index is 13.0. The highest BCUT2D eigenvalue weighted by atomic mass is 32.2. The van der Waals surface area contributed by atoms with E-state index in [2.05, 4.69) is 5.32 Å². The molecule has 0 aromatic heterocycles. The van der Waals surface area contributed by atoms with Crippen LogP contribution in [0.3, 0.4) is 0 Å². The van der Waals surface area contributed by atoms with Crippen molar-refractivity contribution in [3.63, 3.8) is 0 Å². The Hall–Kier alpha value is -2.93. The van der Waals surface area contributed by atoms with Crippen LogP contribution in [0.5, 0.6) is 5.75 Å². The number of morpholine rings is 1. The smallest absolute Gasteiger partial charge is 0.246 e. The number of carbonyl (C=O) groups excluding carboxylic acids is 1. The molecule has 1 fully saturated rings. The number of sulfonamides is 1. The summed E-state index contributed by atoms with van der Waals surface area (Å²) in [6, 6.07) is 13.2. The van der Waals surface area contributed by atoms with Crippen molar-refractivity contribution in [2.45, 2.75) is 11.3 Å². The van der Waals surface area contributed by atoms with Crippen molar-refractivity contribution in [2.24, 2.45) is 0 Å². The number of nitrogens with zero attached hydrogens (tertiary/aromatic N) is 2. The van der Waals surface area contributed by atoms with Crippen LogP contribution >= 0.6 is 0 Å². The summed E-state index contributed by atoms with van der Waals surface area (Å²) in [7, 11) is -2.36. The highest BCUT2D eigenvalue weighted by Gasteiger charge is 2.29. The van der Waals surface area contributed by atoms with Gasteiger partial charge in [-0.15, -0.1) is 0 Å². The molecule has 152 valence electrons. The Bertz CT molecular complexity index is 1020. The van der Waals surface area contributed by atoms with Gasteiger partial charge in [-0.3, -0.25) is 4.79 Å². The van der Waals surface area contributed by atoms with E-state index in [1.165, 1.54) is 17.5 Å². The monoisotopic (exact) mass is 415 g/mol. The fourth-order valence-electron chi connectivity index (χ4n) is 2.98. The van der Waals surface area contributed by atoms with Crippen LogP contribution in [0.4, 0.5) is 5.69 Å². The molecule has 3 rings (SSSR count). The van der Waals surface area contributed by atoms with Crippen LogP contribution in [-0.4, -0.2) is 52.0 Å². The van der Waals surface area contributed by atoms with Crippen LogP contribution in [0.1, 0.15) is 11.1 Å². The average Bonchev–Trinajstić information content (AvgIpc) is 2.74. The van der Waals surface area contributed by atoms with Crippen LogP contribution in [0, 0.1) is 11.3 Å². The number of hydrogen-bond donors (Lipinski definition) is 1. The van der Waals surface area contributed by atoms with Gasteiger partial charge in [0.25, 0.3) is 0 Å². The van der Waals surface area contributed by atoms with Crippen molar-refractivity contribution >= 4 is 21.6 Å². The topological polar surface area (TPSA) is 109 Å². The molecule has 0 unspecified atom stereocenters. The predicted molar refractivity (Wildman–Crippen MR) is 106 cm³/mol. The van der Waals surface area contributed by atoms with Crippen molar-refractivity contribution < 1.29 is 22.7 Å². The Labute approximate surface area is 169 Å². The molecule has 0 saturated carbocycles. The molecule has 1 amide bonds. The maximum absolute atomic E-state index is 13.0. The molecular formula is C20H21N3O5S. The summed E-state index contributed by atoms with van der Waals surface area (Å²) < 4.78 is 37.9. The van der Waals surface area contributed by atoms with Gasteiger partial charge in [-0.25, -0.2) is 8.42 Å². The van der Waals surface area contributed by atoms with Crippen LogP contribution in [0.25, 0.3) is 0 Å². The van der Waals surface area contributed by atoms with E-state index in [0.717, 1.165) is 0 Å². The summed E-state index contributed by atoms with van der Waals surface area (Å²) in [6.07, 6.45) is -0.00434. The first-order valence-electron chi connectivity index (χ1n) is 8.99. The number of rotatable bonds is 6. The van der Waals surface area contributed by atoms with Gasteiger partial charge in [-0.2, -0.15) is 9.57 Å². The molecule has 1 saturated heterocycles. The summed E-state index contributed by atoms with van der Waals surface area (Å²) in [6.45, 7) is 1.23. The van der Waals surface area contributed by atoms with Gasteiger partial charge in [-0.05, 0) is 42.0 Å². The molecule has 1 aliphatic heterocycles. The zero-order chi connectivity index (χ0) is 20.9. The number of methoxy groups -OCH3 is 1. The number of ether oxygens (including phenoxy) is 2. The maximum Gasteiger partial charge on any atom is 0.246 e. The van der Waals surface area contributed by atoms with Crippen molar-refractivity contribution in [2.75, 3.05) is 38.7 Å². The Balaban J connectivity index is 1.78. The van der Waals surface area contributed by atoms with E-state index in [9.17, 15) is 13.2 Å². The second-order valence-electron chi connectivity index (χ2n) is 6.42. The van der Waals surface area contributed by atoms with Gasteiger partial charge in [0.1, 0.15) is 10.6 Å². The first kappa shape index (κ1) is 20.8. The Morgan fingerprint density at radius 1 is 1.21 bits per heavy atom. The summed E-state index contributed by atoms with van der Waals surface area (Å²) in [4.78, 5) is 12.4. The Morgan fingerprint density at radius 3 is 2.52 bits per heavy atom. The van der Waals surface area contributed by atoms with E-state index < -0.39 is 10.0 Å². The van der Waals surface area contributed by atoms with Crippen molar-refractivity contribution in [1.82, 2.24) is 4.31 Å². The van der Waals surface area contributed by atoms with Gasteiger partial charge in [0.2, 0.25) is 15.9 Å². The summed E-state index contributed by atoms with van der Waals surface area (Å²) in [5.74, 6) is -0.0673. The molecule has 0 atom stereocenters. The molecular weight excluding hydrogens is 394 g/mol. The Morgan fingerprint density at radius 2 is 1.90 bits per heavy atom. The minimum atomic E-state index is -3.76. The zero-order valence-electron chi connectivity index (χ0n) is 15.9. The fourth-order valence-corrected chi connectivity index (χ4v) is 4.59. The average molecular weight is 415 g/mol. The van der Waals surface area contributed by atoms with Gasteiger partial charge >= 0.3 is 0 Å². The summed E-state index contributed by atoms with van der Waals surface area (Å²) in [5, 5.41) is 11.6. The van der Waals surface area contributed by atoms with Gasteiger partial charge in [-0.1, -0.05) is 6.07 Å². The van der Waals surface area contributed by atoms with Gasteiger partial charge in [0.05, 0.1) is 38.4 Å². The van der Waals surface area contributed by atoms with E-state index in [1.54, 1.807) is 36.4 Å². The highest BCUT2D eigenvalue weighted by molar-refractivity contribution is 7.89. The lowest BCUT2D eigenvalue weighted by atomic mass is 10.1.